The van der Waals surface area contributed by atoms with E-state index in [0.29, 0.717) is 0 Å². The minimum atomic E-state index is 0.784. The zero-order valence-corrected chi connectivity index (χ0v) is 8.42. The Morgan fingerprint density at radius 3 is 2.92 bits per heavy atom. The van der Waals surface area contributed by atoms with E-state index in [1.165, 1.54) is 0 Å². The van der Waals surface area contributed by atoms with Crippen molar-refractivity contribution >= 4 is 0 Å². The van der Waals surface area contributed by atoms with E-state index in [1.54, 1.807) is 6.08 Å². The first-order chi connectivity index (χ1) is 6.29. The Morgan fingerprint density at radius 1 is 1.54 bits per heavy atom. The van der Waals surface area contributed by atoms with Crippen molar-refractivity contribution in [3.63, 3.8) is 0 Å². The molecular formula is C11H17NO. The number of allylic oxidation sites excluding steroid dienone is 3. The molecule has 0 unspecified atom stereocenters. The highest BCUT2D eigenvalue weighted by molar-refractivity contribution is 5.27. The first-order valence-electron chi connectivity index (χ1n) is 4.63. The van der Waals surface area contributed by atoms with E-state index in [1.807, 2.05) is 13.0 Å². The maximum atomic E-state index is 5.56. The Bertz CT molecular complexity index is 240. The van der Waals surface area contributed by atoms with Crippen molar-refractivity contribution in [1.29, 1.82) is 0 Å². The molecule has 0 radical (unpaired) electrons. The number of hydrogen-bond donors (Lipinski definition) is 0. The van der Waals surface area contributed by atoms with Gasteiger partial charge in [0.2, 0.25) is 0 Å². The summed E-state index contributed by atoms with van der Waals surface area (Å²) in [4.78, 5) is 2.20. The van der Waals surface area contributed by atoms with Crippen molar-refractivity contribution in [1.82, 2.24) is 4.90 Å². The largest absolute Gasteiger partial charge is 0.491 e. The monoisotopic (exact) mass is 179 g/mol. The third-order valence-electron chi connectivity index (χ3n) is 2.07. The quantitative estimate of drug-likeness (QED) is 0.645. The highest BCUT2D eigenvalue weighted by atomic mass is 16.5. The summed E-state index contributed by atoms with van der Waals surface area (Å²) in [7, 11) is 2.08. The average molecular weight is 179 g/mol. The molecule has 72 valence electrons. The molecule has 13 heavy (non-hydrogen) atoms. The van der Waals surface area contributed by atoms with Crippen molar-refractivity contribution < 1.29 is 4.74 Å². The summed E-state index contributed by atoms with van der Waals surface area (Å²) in [5.74, 6) is 0.887. The highest BCUT2D eigenvalue weighted by Crippen LogP contribution is 2.17. The molecule has 0 spiro atoms. The fraction of sp³-hybridized carbons (Fsp3) is 0.455. The number of nitrogens with zero attached hydrogens (tertiary/aromatic N) is 1. The van der Waals surface area contributed by atoms with Crippen molar-refractivity contribution in [3.8, 4) is 0 Å². The third kappa shape index (κ3) is 2.38. The lowest BCUT2D eigenvalue weighted by Gasteiger charge is -2.18. The zero-order valence-electron chi connectivity index (χ0n) is 8.42. The van der Waals surface area contributed by atoms with Crippen LogP contribution in [0.2, 0.25) is 0 Å². The lowest BCUT2D eigenvalue weighted by Crippen LogP contribution is -2.17. The maximum absolute atomic E-state index is 5.56. The molecule has 0 saturated heterocycles. The molecule has 0 fully saturated rings. The van der Waals surface area contributed by atoms with Crippen LogP contribution in [0.3, 0.4) is 0 Å². The molecule has 0 aromatic carbocycles. The second kappa shape index (κ2) is 4.75. The van der Waals surface area contributed by atoms with E-state index in [9.17, 15) is 0 Å². The molecule has 2 nitrogen and oxygen atoms in total. The van der Waals surface area contributed by atoms with Gasteiger partial charge in [-0.05, 0) is 25.5 Å². The number of ether oxygens (including phenoxy) is 1. The van der Waals surface area contributed by atoms with Gasteiger partial charge in [0.25, 0.3) is 0 Å². The van der Waals surface area contributed by atoms with Gasteiger partial charge in [0, 0.05) is 13.6 Å². The van der Waals surface area contributed by atoms with Crippen molar-refractivity contribution in [2.24, 2.45) is 0 Å². The Hall–Kier alpha value is -1.18. The predicted molar refractivity (Wildman–Crippen MR) is 55.2 cm³/mol. The first-order valence-corrected chi connectivity index (χ1v) is 4.63. The predicted octanol–water partition coefficient (Wildman–Crippen LogP) is 2.31. The molecule has 2 heteroatoms. The van der Waals surface area contributed by atoms with Crippen LogP contribution < -0.4 is 0 Å². The van der Waals surface area contributed by atoms with Gasteiger partial charge in [-0.1, -0.05) is 12.7 Å². The normalized spacial score (nSPS) is 18.8. The Kier molecular flexibility index (Phi) is 3.62. The van der Waals surface area contributed by atoms with Crippen LogP contribution in [-0.2, 0) is 4.74 Å². The van der Waals surface area contributed by atoms with Crippen LogP contribution in [-0.4, -0.2) is 25.1 Å². The molecule has 1 aliphatic heterocycles. The van der Waals surface area contributed by atoms with Crippen LogP contribution in [0.5, 0.6) is 0 Å². The molecule has 1 rings (SSSR count). The van der Waals surface area contributed by atoms with Crippen molar-refractivity contribution in [2.75, 3.05) is 20.2 Å². The van der Waals surface area contributed by atoms with Gasteiger partial charge in [-0.3, -0.25) is 0 Å². The molecule has 0 N–H and O–H groups in total. The minimum Gasteiger partial charge on any atom is -0.491 e. The molecule has 0 aromatic heterocycles. The Morgan fingerprint density at radius 2 is 2.31 bits per heavy atom. The summed E-state index contributed by atoms with van der Waals surface area (Å²) in [5.41, 5.74) is 1.12. The van der Waals surface area contributed by atoms with Gasteiger partial charge in [0.15, 0.2) is 0 Å². The molecule has 0 bridgehead atoms. The van der Waals surface area contributed by atoms with Crippen LogP contribution >= 0.6 is 0 Å². The van der Waals surface area contributed by atoms with Gasteiger partial charge in [0.05, 0.1) is 12.3 Å². The number of hydrogen-bond acceptors (Lipinski definition) is 2. The van der Waals surface area contributed by atoms with Crippen LogP contribution in [0.25, 0.3) is 0 Å². The summed E-state index contributed by atoms with van der Waals surface area (Å²) in [5, 5.41) is 0. The van der Waals surface area contributed by atoms with E-state index in [0.717, 1.165) is 31.0 Å². The molecular weight excluding hydrogens is 162 g/mol. The molecule has 1 heterocycles. The second-order valence-electron chi connectivity index (χ2n) is 3.08. The van der Waals surface area contributed by atoms with Crippen molar-refractivity contribution in [3.05, 3.63) is 36.3 Å². The SMILES string of the molecule is C=CC1=C(/C=C\C)N(C)CCCO1. The van der Waals surface area contributed by atoms with E-state index >= 15 is 0 Å². The zero-order chi connectivity index (χ0) is 9.68. The van der Waals surface area contributed by atoms with E-state index in [-0.39, 0.29) is 0 Å². The van der Waals surface area contributed by atoms with Crippen LogP contribution in [0.15, 0.2) is 36.3 Å². The molecule has 0 aromatic rings. The number of rotatable bonds is 2. The fourth-order valence-electron chi connectivity index (χ4n) is 1.40. The highest BCUT2D eigenvalue weighted by Gasteiger charge is 2.11. The van der Waals surface area contributed by atoms with Gasteiger partial charge in [-0.2, -0.15) is 0 Å². The lowest BCUT2D eigenvalue weighted by molar-refractivity contribution is 0.226. The molecule has 0 amide bonds. The van der Waals surface area contributed by atoms with Crippen LogP contribution in [0.4, 0.5) is 0 Å². The summed E-state index contributed by atoms with van der Waals surface area (Å²) in [6.45, 7) is 7.58. The van der Waals surface area contributed by atoms with E-state index in [2.05, 4.69) is 24.6 Å². The molecule has 0 atom stereocenters. The minimum absolute atomic E-state index is 0.784. The summed E-state index contributed by atoms with van der Waals surface area (Å²) < 4.78 is 5.56. The summed E-state index contributed by atoms with van der Waals surface area (Å²) in [6, 6.07) is 0. The van der Waals surface area contributed by atoms with Gasteiger partial charge in [0.1, 0.15) is 5.76 Å². The second-order valence-corrected chi connectivity index (χ2v) is 3.08. The summed E-state index contributed by atoms with van der Waals surface area (Å²) in [6.07, 6.45) is 6.92. The third-order valence-corrected chi connectivity index (χ3v) is 2.07. The first kappa shape index (κ1) is 9.90. The van der Waals surface area contributed by atoms with E-state index < -0.39 is 0 Å². The van der Waals surface area contributed by atoms with Gasteiger partial charge >= 0.3 is 0 Å². The Balaban J connectivity index is 2.96. The Labute approximate surface area is 80.2 Å². The van der Waals surface area contributed by atoms with Gasteiger partial charge < -0.3 is 9.64 Å². The van der Waals surface area contributed by atoms with E-state index in [4.69, 9.17) is 4.74 Å². The topological polar surface area (TPSA) is 12.5 Å². The molecule has 0 saturated carbocycles. The number of likely N-dealkylation sites (N-methyl/N-ethyl adjacent to an activating group) is 1. The van der Waals surface area contributed by atoms with Crippen molar-refractivity contribution in [2.45, 2.75) is 13.3 Å². The van der Waals surface area contributed by atoms with Crippen LogP contribution in [0, 0.1) is 0 Å². The van der Waals surface area contributed by atoms with Crippen LogP contribution in [0.1, 0.15) is 13.3 Å². The average Bonchev–Trinajstić information content (AvgIpc) is 2.30. The van der Waals surface area contributed by atoms with Gasteiger partial charge in [-0.15, -0.1) is 0 Å². The standard InChI is InChI=1S/C11H17NO/c1-4-7-10-11(5-2)13-9-6-8-12(10)3/h4-5,7H,2,6,8-9H2,1,3H3/b7-4-. The smallest absolute Gasteiger partial charge is 0.141 e. The maximum Gasteiger partial charge on any atom is 0.141 e. The lowest BCUT2D eigenvalue weighted by atomic mass is 10.3. The molecule has 0 aliphatic carbocycles. The molecule has 1 aliphatic rings. The summed E-state index contributed by atoms with van der Waals surface area (Å²) >= 11 is 0. The van der Waals surface area contributed by atoms with Gasteiger partial charge in [-0.25, -0.2) is 0 Å². The fourth-order valence-corrected chi connectivity index (χ4v) is 1.40.